The van der Waals surface area contributed by atoms with Gasteiger partial charge in [0.2, 0.25) is 0 Å². The molecule has 0 unspecified atom stereocenters. The number of ether oxygens (including phenoxy) is 3. The lowest BCUT2D eigenvalue weighted by Crippen LogP contribution is -2.32. The SMILES string of the molecule is COc1ccccc1OCCNC(=O)COc1ccccc1C=O. The van der Waals surface area contributed by atoms with Gasteiger partial charge in [-0.3, -0.25) is 9.59 Å². The molecule has 0 saturated carbocycles. The molecule has 0 saturated heterocycles. The summed E-state index contributed by atoms with van der Waals surface area (Å²) in [6.07, 6.45) is 0.689. The van der Waals surface area contributed by atoms with E-state index in [1.165, 1.54) is 0 Å². The van der Waals surface area contributed by atoms with Crippen LogP contribution in [0.25, 0.3) is 0 Å². The highest BCUT2D eigenvalue weighted by molar-refractivity contribution is 5.80. The van der Waals surface area contributed by atoms with Crippen LogP contribution in [0.2, 0.25) is 0 Å². The van der Waals surface area contributed by atoms with Crippen molar-refractivity contribution in [3.63, 3.8) is 0 Å². The van der Waals surface area contributed by atoms with Gasteiger partial charge in [0.1, 0.15) is 12.4 Å². The van der Waals surface area contributed by atoms with Gasteiger partial charge in [0, 0.05) is 0 Å². The first-order valence-corrected chi connectivity index (χ1v) is 7.44. The van der Waals surface area contributed by atoms with Crippen molar-refractivity contribution in [3.05, 3.63) is 54.1 Å². The average molecular weight is 329 g/mol. The molecule has 2 rings (SSSR count). The molecular weight excluding hydrogens is 310 g/mol. The second-order valence-electron chi connectivity index (χ2n) is 4.79. The summed E-state index contributed by atoms with van der Waals surface area (Å²) in [6, 6.07) is 14.0. The van der Waals surface area contributed by atoms with E-state index in [1.54, 1.807) is 43.5 Å². The second-order valence-corrected chi connectivity index (χ2v) is 4.79. The Kier molecular flexibility index (Phi) is 6.64. The highest BCUT2D eigenvalue weighted by Crippen LogP contribution is 2.25. The first-order valence-electron chi connectivity index (χ1n) is 7.44. The molecule has 0 heterocycles. The maximum atomic E-state index is 11.7. The minimum atomic E-state index is -0.292. The van der Waals surface area contributed by atoms with Gasteiger partial charge in [-0.05, 0) is 24.3 Å². The number of carbonyl (C=O) groups is 2. The van der Waals surface area contributed by atoms with Crippen LogP contribution >= 0.6 is 0 Å². The fraction of sp³-hybridized carbons (Fsp3) is 0.222. The van der Waals surface area contributed by atoms with Crippen LogP contribution < -0.4 is 19.5 Å². The Morgan fingerprint density at radius 3 is 2.38 bits per heavy atom. The number of rotatable bonds is 9. The lowest BCUT2D eigenvalue weighted by Gasteiger charge is -2.11. The zero-order valence-electron chi connectivity index (χ0n) is 13.4. The Labute approximate surface area is 140 Å². The predicted molar refractivity (Wildman–Crippen MR) is 88.8 cm³/mol. The first-order chi connectivity index (χ1) is 11.7. The highest BCUT2D eigenvalue weighted by atomic mass is 16.5. The average Bonchev–Trinajstić information content (AvgIpc) is 2.64. The Balaban J connectivity index is 1.71. The molecule has 6 heteroatoms. The molecule has 0 aromatic heterocycles. The maximum absolute atomic E-state index is 11.7. The number of nitrogens with one attached hydrogen (secondary N) is 1. The van der Waals surface area contributed by atoms with Gasteiger partial charge in [0.15, 0.2) is 24.4 Å². The van der Waals surface area contributed by atoms with Crippen LogP contribution in [0.3, 0.4) is 0 Å². The van der Waals surface area contributed by atoms with Crippen LogP contribution in [-0.4, -0.2) is 39.1 Å². The number of aldehydes is 1. The number of methoxy groups -OCH3 is 1. The lowest BCUT2D eigenvalue weighted by atomic mass is 10.2. The third kappa shape index (κ3) is 5.01. The van der Waals surface area contributed by atoms with Crippen molar-refractivity contribution in [2.24, 2.45) is 0 Å². The van der Waals surface area contributed by atoms with Crippen molar-refractivity contribution >= 4 is 12.2 Å². The first kappa shape index (κ1) is 17.3. The Bertz CT molecular complexity index is 687. The number of benzene rings is 2. The molecule has 0 atom stereocenters. The number of hydrogen-bond donors (Lipinski definition) is 1. The zero-order valence-corrected chi connectivity index (χ0v) is 13.4. The summed E-state index contributed by atoms with van der Waals surface area (Å²) in [5, 5.41) is 2.68. The fourth-order valence-electron chi connectivity index (χ4n) is 1.99. The van der Waals surface area contributed by atoms with Gasteiger partial charge in [0.05, 0.1) is 19.2 Å². The maximum Gasteiger partial charge on any atom is 0.258 e. The van der Waals surface area contributed by atoms with E-state index in [1.807, 2.05) is 12.1 Å². The molecule has 0 bridgehead atoms. The smallest absolute Gasteiger partial charge is 0.258 e. The third-order valence-corrected chi connectivity index (χ3v) is 3.16. The summed E-state index contributed by atoms with van der Waals surface area (Å²) in [5.74, 6) is 1.34. The molecule has 0 aliphatic carbocycles. The molecule has 0 radical (unpaired) electrons. The standard InChI is InChI=1S/C18H19NO5/c1-22-16-8-4-5-9-17(16)23-11-10-19-18(21)13-24-15-7-3-2-6-14(15)12-20/h2-9,12H,10-11,13H2,1H3,(H,19,21). The van der Waals surface area contributed by atoms with Gasteiger partial charge >= 0.3 is 0 Å². The monoisotopic (exact) mass is 329 g/mol. The fourth-order valence-corrected chi connectivity index (χ4v) is 1.99. The van der Waals surface area contributed by atoms with Crippen molar-refractivity contribution in [2.45, 2.75) is 0 Å². The van der Waals surface area contributed by atoms with E-state index >= 15 is 0 Å². The van der Waals surface area contributed by atoms with E-state index in [2.05, 4.69) is 5.32 Å². The third-order valence-electron chi connectivity index (χ3n) is 3.16. The molecule has 24 heavy (non-hydrogen) atoms. The summed E-state index contributed by atoms with van der Waals surface area (Å²) in [6.45, 7) is 0.464. The van der Waals surface area contributed by atoms with Crippen molar-refractivity contribution in [3.8, 4) is 17.2 Å². The van der Waals surface area contributed by atoms with Gasteiger partial charge in [0.25, 0.3) is 5.91 Å². The summed E-state index contributed by atoms with van der Waals surface area (Å²) in [5.41, 5.74) is 0.407. The van der Waals surface area contributed by atoms with Gasteiger partial charge in [-0.1, -0.05) is 24.3 Å². The van der Waals surface area contributed by atoms with Gasteiger partial charge in [-0.15, -0.1) is 0 Å². The van der Waals surface area contributed by atoms with Gasteiger partial charge < -0.3 is 19.5 Å². The molecule has 2 aromatic carbocycles. The van der Waals surface area contributed by atoms with Crippen molar-refractivity contribution in [1.82, 2.24) is 5.32 Å². The summed E-state index contributed by atoms with van der Waals surface area (Å²) in [4.78, 5) is 22.6. The molecule has 0 aliphatic rings. The molecule has 1 N–H and O–H groups in total. The molecule has 126 valence electrons. The Morgan fingerprint density at radius 2 is 1.67 bits per heavy atom. The van der Waals surface area contributed by atoms with Crippen LogP contribution in [0.15, 0.2) is 48.5 Å². The number of hydrogen-bond acceptors (Lipinski definition) is 5. The Hall–Kier alpha value is -3.02. The zero-order chi connectivity index (χ0) is 17.2. The quantitative estimate of drug-likeness (QED) is 0.563. The molecule has 0 spiro atoms. The summed E-state index contributed by atoms with van der Waals surface area (Å²) < 4.78 is 16.1. The number of carbonyl (C=O) groups excluding carboxylic acids is 2. The van der Waals surface area contributed by atoms with Crippen LogP contribution in [0.5, 0.6) is 17.2 Å². The van der Waals surface area contributed by atoms with Crippen LogP contribution in [-0.2, 0) is 4.79 Å². The summed E-state index contributed by atoms with van der Waals surface area (Å²) >= 11 is 0. The van der Waals surface area contributed by atoms with Crippen LogP contribution in [0.1, 0.15) is 10.4 Å². The topological polar surface area (TPSA) is 73.9 Å². The van der Waals surface area contributed by atoms with Crippen molar-refractivity contribution in [1.29, 1.82) is 0 Å². The predicted octanol–water partition coefficient (Wildman–Crippen LogP) is 2.08. The molecule has 0 fully saturated rings. The molecule has 0 aliphatic heterocycles. The molecule has 6 nitrogen and oxygen atoms in total. The largest absolute Gasteiger partial charge is 0.493 e. The van der Waals surface area contributed by atoms with E-state index in [-0.39, 0.29) is 12.5 Å². The van der Waals surface area contributed by atoms with Gasteiger partial charge in [-0.2, -0.15) is 0 Å². The van der Waals surface area contributed by atoms with Crippen molar-refractivity contribution in [2.75, 3.05) is 26.9 Å². The molecule has 2 aromatic rings. The van der Waals surface area contributed by atoms with Gasteiger partial charge in [-0.25, -0.2) is 0 Å². The lowest BCUT2D eigenvalue weighted by molar-refractivity contribution is -0.123. The van der Waals surface area contributed by atoms with Crippen LogP contribution in [0.4, 0.5) is 0 Å². The van der Waals surface area contributed by atoms with E-state index in [4.69, 9.17) is 14.2 Å². The normalized spacial score (nSPS) is 9.88. The molecule has 1 amide bonds. The Morgan fingerprint density at radius 1 is 1.00 bits per heavy atom. The number of amides is 1. The minimum absolute atomic E-state index is 0.167. The highest BCUT2D eigenvalue weighted by Gasteiger charge is 2.06. The van der Waals surface area contributed by atoms with E-state index < -0.39 is 0 Å². The minimum Gasteiger partial charge on any atom is -0.493 e. The van der Waals surface area contributed by atoms with E-state index in [9.17, 15) is 9.59 Å². The second kappa shape index (κ2) is 9.19. The van der Waals surface area contributed by atoms with Crippen LogP contribution in [0, 0.1) is 0 Å². The molecular formula is C18H19NO5. The summed E-state index contributed by atoms with van der Waals surface area (Å²) in [7, 11) is 1.57. The number of para-hydroxylation sites is 3. The van der Waals surface area contributed by atoms with Crippen molar-refractivity contribution < 1.29 is 23.8 Å². The van der Waals surface area contributed by atoms with E-state index in [0.717, 1.165) is 0 Å². The van der Waals surface area contributed by atoms with E-state index in [0.29, 0.717) is 42.2 Å².